The molecule has 0 amide bonds. The highest BCUT2D eigenvalue weighted by Gasteiger charge is 2.45. The number of anilines is 3. The molecule has 2 aromatic heterocycles. The van der Waals surface area contributed by atoms with Gasteiger partial charge in [0.1, 0.15) is 22.5 Å². The fourth-order valence-electron chi connectivity index (χ4n) is 5.01. The lowest BCUT2D eigenvalue weighted by molar-refractivity contribution is -0.0266. The van der Waals surface area contributed by atoms with Crippen molar-refractivity contribution in [3.63, 3.8) is 0 Å². The van der Waals surface area contributed by atoms with Crippen molar-refractivity contribution in [2.75, 3.05) is 47.0 Å². The van der Waals surface area contributed by atoms with E-state index in [0.717, 1.165) is 30.2 Å². The molecule has 3 aliphatic rings. The molecule has 35 heavy (non-hydrogen) atoms. The van der Waals surface area contributed by atoms with Crippen LogP contribution in [0.4, 0.5) is 26.0 Å². The van der Waals surface area contributed by atoms with Gasteiger partial charge in [0.05, 0.1) is 36.4 Å². The molecular weight excluding hydrogens is 472 g/mol. The number of pyridine rings is 1. The third kappa shape index (κ3) is 4.49. The predicted molar refractivity (Wildman–Crippen MR) is 133 cm³/mol. The number of hydrogen-bond acceptors (Lipinski definition) is 6. The van der Waals surface area contributed by atoms with Crippen LogP contribution in [-0.4, -0.2) is 62.5 Å². The molecule has 1 N–H and O–H groups in total. The highest BCUT2D eigenvalue weighted by atomic mass is 32.2. The molecule has 2 aliphatic heterocycles. The fourth-order valence-corrected chi connectivity index (χ4v) is 5.47. The topological polar surface area (TPSA) is 79.2 Å². The maximum atomic E-state index is 13.3. The van der Waals surface area contributed by atoms with Gasteiger partial charge < -0.3 is 14.5 Å². The van der Waals surface area contributed by atoms with E-state index >= 15 is 0 Å². The Morgan fingerprint density at radius 1 is 0.971 bits per heavy atom. The van der Waals surface area contributed by atoms with E-state index in [2.05, 4.69) is 24.9 Å². The first-order valence-electron chi connectivity index (χ1n) is 11.8. The summed E-state index contributed by atoms with van der Waals surface area (Å²) in [6.45, 7) is 1.30. The van der Waals surface area contributed by atoms with Crippen molar-refractivity contribution < 1.29 is 13.0 Å². The Balaban J connectivity index is 1.29. The Bertz CT molecular complexity index is 1270. The zero-order valence-electron chi connectivity index (χ0n) is 19.5. The van der Waals surface area contributed by atoms with E-state index in [1.807, 2.05) is 24.4 Å². The molecule has 1 saturated carbocycles. The smallest absolute Gasteiger partial charge is 0.282 e. The molecule has 1 aromatic carbocycles. The molecule has 1 spiro atoms. The minimum atomic E-state index is -2.66. The molecular formula is C24H27F2N7OS. The minimum absolute atomic E-state index is 0.320. The van der Waals surface area contributed by atoms with Gasteiger partial charge >= 0.3 is 0 Å². The van der Waals surface area contributed by atoms with Crippen molar-refractivity contribution in [1.82, 2.24) is 20.0 Å². The van der Waals surface area contributed by atoms with Crippen molar-refractivity contribution in [3.05, 3.63) is 42.6 Å². The third-order valence-corrected chi connectivity index (χ3v) is 7.79. The van der Waals surface area contributed by atoms with Gasteiger partial charge in [-0.25, -0.2) is 22.7 Å². The van der Waals surface area contributed by atoms with Crippen LogP contribution < -0.4 is 14.5 Å². The van der Waals surface area contributed by atoms with Gasteiger partial charge in [0.15, 0.2) is 0 Å². The summed E-state index contributed by atoms with van der Waals surface area (Å²) in [7, 11) is -1.17. The molecule has 8 nitrogen and oxygen atoms in total. The molecule has 4 heterocycles. The lowest BCUT2D eigenvalue weighted by Crippen LogP contribution is -2.56. The molecule has 2 saturated heterocycles. The first-order valence-corrected chi connectivity index (χ1v) is 13.4. The van der Waals surface area contributed by atoms with Gasteiger partial charge in [-0.05, 0) is 61.4 Å². The third-order valence-electron chi connectivity index (χ3n) is 7.26. The number of rotatable bonds is 6. The van der Waals surface area contributed by atoms with Crippen molar-refractivity contribution in [2.45, 2.75) is 31.6 Å². The summed E-state index contributed by atoms with van der Waals surface area (Å²) in [5.74, 6) is -2.15. The lowest BCUT2D eigenvalue weighted by atomic mass is 9.93. The number of aromatic nitrogens is 4. The average molecular weight is 500 g/mol. The zero-order chi connectivity index (χ0) is 24.2. The number of alkyl halides is 2. The van der Waals surface area contributed by atoms with Crippen molar-refractivity contribution in [1.29, 1.82) is 0 Å². The Morgan fingerprint density at radius 2 is 1.74 bits per heavy atom. The number of piperidine rings is 1. The zero-order valence-corrected chi connectivity index (χ0v) is 20.3. The van der Waals surface area contributed by atoms with Crippen LogP contribution in [0.3, 0.4) is 0 Å². The minimum Gasteiger partial charge on any atom is -0.370 e. The van der Waals surface area contributed by atoms with Crippen LogP contribution in [0.1, 0.15) is 25.7 Å². The highest BCUT2D eigenvalue weighted by molar-refractivity contribution is 7.85. The van der Waals surface area contributed by atoms with Crippen LogP contribution in [0.15, 0.2) is 42.6 Å². The summed E-state index contributed by atoms with van der Waals surface area (Å²) in [5.41, 5.74) is 4.38. The summed E-state index contributed by atoms with van der Waals surface area (Å²) in [6.07, 6.45) is 8.44. The molecule has 184 valence electrons. The molecule has 0 bridgehead atoms. The maximum absolute atomic E-state index is 13.3. The second kappa shape index (κ2) is 8.25. The summed E-state index contributed by atoms with van der Waals surface area (Å²) in [4.78, 5) is 8.46. The van der Waals surface area contributed by atoms with Gasteiger partial charge in [-0.3, -0.25) is 0 Å². The molecule has 1 unspecified atom stereocenters. The van der Waals surface area contributed by atoms with E-state index in [-0.39, 0.29) is 13.1 Å². The van der Waals surface area contributed by atoms with Gasteiger partial charge in [0.25, 0.3) is 5.92 Å². The van der Waals surface area contributed by atoms with Crippen LogP contribution in [-0.2, 0) is 11.0 Å². The number of hydrogen-bond donors (Lipinski definition) is 1. The van der Waals surface area contributed by atoms with Crippen LogP contribution in [0, 0.1) is 5.41 Å². The molecule has 1 atom stereocenters. The first-order chi connectivity index (χ1) is 16.8. The molecule has 6 rings (SSSR count). The van der Waals surface area contributed by atoms with Gasteiger partial charge in [0, 0.05) is 25.0 Å². The summed E-state index contributed by atoms with van der Waals surface area (Å²) >= 11 is 0. The Hall–Kier alpha value is -3.08. The number of nitrogens with zero attached hydrogens (tertiary/aromatic N) is 6. The largest absolute Gasteiger partial charge is 0.370 e. The van der Waals surface area contributed by atoms with E-state index in [0.29, 0.717) is 22.6 Å². The maximum Gasteiger partial charge on any atom is 0.282 e. The van der Waals surface area contributed by atoms with Crippen molar-refractivity contribution >= 4 is 28.2 Å². The average Bonchev–Trinajstić information content (AvgIpc) is 3.38. The lowest BCUT2D eigenvalue weighted by Gasteiger charge is -2.39. The highest BCUT2D eigenvalue weighted by Crippen LogP contribution is 2.54. The standard InChI is InChI=1S/C24H27F2N7OS/c1-35(34)29-17-5-6-20(21(13-17)31-11-9-23(7-8-23)10-12-31)33-14-19(28-30-33)18-3-2-4-22(27-18)32-15-24(25,26)16-32/h2-6,13-14,29H,7-12,15-16H2,1H3. The summed E-state index contributed by atoms with van der Waals surface area (Å²) in [5, 5.41) is 8.69. The predicted octanol–water partition coefficient (Wildman–Crippen LogP) is 3.87. The SMILES string of the molecule is CS(=O)Nc1ccc(-n2cc(-c3cccc(N4CC(F)(F)C4)n3)nn2)c(N2CCC3(CC2)CC3)c1. The van der Waals surface area contributed by atoms with Crippen LogP contribution in [0.2, 0.25) is 0 Å². The van der Waals surface area contributed by atoms with E-state index < -0.39 is 16.9 Å². The molecule has 3 fully saturated rings. The quantitative estimate of drug-likeness (QED) is 0.555. The van der Waals surface area contributed by atoms with Gasteiger partial charge in [-0.15, -0.1) is 5.10 Å². The van der Waals surface area contributed by atoms with Gasteiger partial charge in [0.2, 0.25) is 0 Å². The number of nitrogens with one attached hydrogen (secondary N) is 1. The van der Waals surface area contributed by atoms with E-state index in [1.165, 1.54) is 25.7 Å². The van der Waals surface area contributed by atoms with Crippen LogP contribution >= 0.6 is 0 Å². The van der Waals surface area contributed by atoms with Crippen molar-refractivity contribution in [2.24, 2.45) is 5.41 Å². The van der Waals surface area contributed by atoms with Gasteiger partial charge in [-0.1, -0.05) is 11.3 Å². The Labute approximate surface area is 204 Å². The molecule has 1 aliphatic carbocycles. The summed E-state index contributed by atoms with van der Waals surface area (Å²) < 4.78 is 43.1. The second-order valence-corrected chi connectivity index (χ2v) is 11.0. The van der Waals surface area contributed by atoms with E-state index in [4.69, 9.17) is 0 Å². The first kappa shape index (κ1) is 22.4. The van der Waals surface area contributed by atoms with E-state index in [9.17, 15) is 13.0 Å². The number of halogens is 2. The van der Waals surface area contributed by atoms with Gasteiger partial charge in [-0.2, -0.15) is 0 Å². The van der Waals surface area contributed by atoms with Crippen LogP contribution in [0.25, 0.3) is 17.1 Å². The normalized spacial score (nSPS) is 21.0. The molecule has 3 aromatic rings. The monoisotopic (exact) mass is 499 g/mol. The Morgan fingerprint density at radius 3 is 2.43 bits per heavy atom. The molecule has 0 radical (unpaired) electrons. The molecule has 11 heteroatoms. The van der Waals surface area contributed by atoms with Crippen molar-refractivity contribution in [3.8, 4) is 17.1 Å². The number of benzene rings is 1. The Kier molecular flexibility index (Phi) is 5.28. The van der Waals surface area contributed by atoms with E-state index in [1.54, 1.807) is 34.0 Å². The second-order valence-electron chi connectivity index (χ2n) is 9.89. The fraction of sp³-hybridized carbons (Fsp3) is 0.458. The summed E-state index contributed by atoms with van der Waals surface area (Å²) in [6, 6.07) is 11.2. The van der Waals surface area contributed by atoms with Crippen LogP contribution in [0.5, 0.6) is 0 Å².